The van der Waals surface area contributed by atoms with Crippen LogP contribution >= 0.6 is 24.0 Å². The zero-order chi connectivity index (χ0) is 18.1. The Labute approximate surface area is 179 Å². The number of ether oxygens (including phenoxy) is 1. The molecular formula is C20H34IN5O. The standard InChI is InChI=1S/C20H33N5O.HI/c1-14-13-15(2)25(24-14)11-6-10-22-19(21-3)23-17-16-7-12-26-18(16)20(17)8-4-5-9-20;/h13,16-18H,4-12H2,1-3H3,(H2,21,22,23);1H. The van der Waals surface area contributed by atoms with Crippen LogP contribution in [0.1, 0.15) is 49.9 Å². The fourth-order valence-electron chi connectivity index (χ4n) is 5.58. The molecular weight excluding hydrogens is 453 g/mol. The highest BCUT2D eigenvalue weighted by Crippen LogP contribution is 2.60. The highest BCUT2D eigenvalue weighted by molar-refractivity contribution is 14.0. The Morgan fingerprint density at radius 3 is 2.81 bits per heavy atom. The van der Waals surface area contributed by atoms with Gasteiger partial charge >= 0.3 is 0 Å². The molecule has 4 rings (SSSR count). The van der Waals surface area contributed by atoms with E-state index in [2.05, 4.69) is 38.4 Å². The lowest BCUT2D eigenvalue weighted by molar-refractivity contribution is -0.125. The van der Waals surface area contributed by atoms with E-state index in [1.165, 1.54) is 37.8 Å². The maximum atomic E-state index is 6.09. The van der Waals surface area contributed by atoms with Gasteiger partial charge in [0.05, 0.1) is 11.8 Å². The van der Waals surface area contributed by atoms with Crippen LogP contribution < -0.4 is 10.6 Å². The first-order valence-corrected chi connectivity index (χ1v) is 10.2. The summed E-state index contributed by atoms with van der Waals surface area (Å²) >= 11 is 0. The molecule has 0 amide bonds. The van der Waals surface area contributed by atoms with Crippen LogP contribution in [0.25, 0.3) is 0 Å². The summed E-state index contributed by atoms with van der Waals surface area (Å²) in [6, 6.07) is 2.66. The average Bonchev–Trinajstić information content (AvgIpc) is 3.33. The number of aryl methyl sites for hydroxylation is 3. The summed E-state index contributed by atoms with van der Waals surface area (Å²) < 4.78 is 8.18. The maximum absolute atomic E-state index is 6.09. The van der Waals surface area contributed by atoms with E-state index in [9.17, 15) is 0 Å². The van der Waals surface area contributed by atoms with E-state index < -0.39 is 0 Å². The molecule has 2 saturated carbocycles. The Kier molecular flexibility index (Phi) is 6.71. The highest BCUT2D eigenvalue weighted by atomic mass is 127. The van der Waals surface area contributed by atoms with E-state index in [4.69, 9.17) is 4.74 Å². The van der Waals surface area contributed by atoms with Crippen molar-refractivity contribution in [3.05, 3.63) is 17.5 Å². The van der Waals surface area contributed by atoms with Gasteiger partial charge in [0.2, 0.25) is 0 Å². The fourth-order valence-corrected chi connectivity index (χ4v) is 5.58. The van der Waals surface area contributed by atoms with E-state index in [1.807, 2.05) is 14.0 Å². The van der Waals surface area contributed by atoms with Gasteiger partial charge in [0, 0.05) is 49.8 Å². The molecule has 152 valence electrons. The first-order chi connectivity index (χ1) is 12.6. The molecule has 2 heterocycles. The highest BCUT2D eigenvalue weighted by Gasteiger charge is 2.65. The van der Waals surface area contributed by atoms with E-state index in [0.717, 1.165) is 37.8 Å². The number of fused-ring (bicyclic) bond motifs is 2. The lowest BCUT2D eigenvalue weighted by atomic mass is 9.54. The van der Waals surface area contributed by atoms with Crippen molar-refractivity contribution in [2.45, 2.75) is 71.1 Å². The van der Waals surface area contributed by atoms with Crippen LogP contribution in [0.3, 0.4) is 0 Å². The number of aliphatic imine (C=N–C) groups is 1. The predicted octanol–water partition coefficient (Wildman–Crippen LogP) is 3.02. The van der Waals surface area contributed by atoms with Gasteiger partial charge in [-0.2, -0.15) is 5.10 Å². The topological polar surface area (TPSA) is 63.5 Å². The van der Waals surface area contributed by atoms with Gasteiger partial charge in [-0.15, -0.1) is 24.0 Å². The molecule has 1 aromatic heterocycles. The molecule has 2 aliphatic carbocycles. The summed E-state index contributed by atoms with van der Waals surface area (Å²) in [4.78, 5) is 4.48. The summed E-state index contributed by atoms with van der Waals surface area (Å²) in [7, 11) is 1.87. The van der Waals surface area contributed by atoms with Gasteiger partial charge < -0.3 is 15.4 Å². The summed E-state index contributed by atoms with van der Waals surface area (Å²) in [6.07, 6.45) is 8.03. The van der Waals surface area contributed by atoms with Crippen LogP contribution in [0.2, 0.25) is 0 Å². The van der Waals surface area contributed by atoms with Crippen molar-refractivity contribution in [3.8, 4) is 0 Å². The Balaban J connectivity index is 0.00000210. The van der Waals surface area contributed by atoms with Crippen LogP contribution in [-0.2, 0) is 11.3 Å². The second kappa shape index (κ2) is 8.68. The van der Waals surface area contributed by atoms with E-state index in [0.29, 0.717) is 23.5 Å². The largest absolute Gasteiger partial charge is 0.377 e. The molecule has 3 unspecified atom stereocenters. The van der Waals surface area contributed by atoms with Gasteiger partial charge in [0.1, 0.15) is 0 Å². The Morgan fingerprint density at radius 1 is 1.37 bits per heavy atom. The van der Waals surface area contributed by atoms with Gasteiger partial charge in [0.15, 0.2) is 5.96 Å². The third-order valence-electron chi connectivity index (χ3n) is 6.74. The summed E-state index contributed by atoms with van der Waals surface area (Å²) in [5.74, 6) is 1.61. The molecule has 3 aliphatic rings. The summed E-state index contributed by atoms with van der Waals surface area (Å²) in [5, 5.41) is 11.8. The molecule has 0 radical (unpaired) electrons. The fraction of sp³-hybridized carbons (Fsp3) is 0.800. The van der Waals surface area contributed by atoms with Gasteiger partial charge in [-0.3, -0.25) is 9.67 Å². The third-order valence-corrected chi connectivity index (χ3v) is 6.74. The monoisotopic (exact) mass is 487 g/mol. The minimum absolute atomic E-state index is 0. The molecule has 0 aromatic carbocycles. The summed E-state index contributed by atoms with van der Waals surface area (Å²) in [6.45, 7) is 6.94. The molecule has 27 heavy (non-hydrogen) atoms. The number of rotatable bonds is 5. The molecule has 3 atom stereocenters. The minimum Gasteiger partial charge on any atom is -0.377 e. The van der Waals surface area contributed by atoms with Crippen LogP contribution in [0.15, 0.2) is 11.1 Å². The number of nitrogens with one attached hydrogen (secondary N) is 2. The van der Waals surface area contributed by atoms with Gasteiger partial charge in [-0.25, -0.2) is 0 Å². The number of nitrogens with zero attached hydrogens (tertiary/aromatic N) is 3. The van der Waals surface area contributed by atoms with Crippen LogP contribution in [0.4, 0.5) is 0 Å². The van der Waals surface area contributed by atoms with Crippen molar-refractivity contribution >= 4 is 29.9 Å². The number of hydrogen-bond acceptors (Lipinski definition) is 3. The SMILES string of the molecule is CN=C(NCCCn1nc(C)cc1C)NC1C2CCOC2C12CCCC2.I. The molecule has 1 aliphatic heterocycles. The normalized spacial score (nSPS) is 28.6. The zero-order valence-electron chi connectivity index (χ0n) is 16.8. The van der Waals surface area contributed by atoms with E-state index in [1.54, 1.807) is 0 Å². The quantitative estimate of drug-likeness (QED) is 0.290. The second-order valence-corrected chi connectivity index (χ2v) is 8.31. The number of halogens is 1. The van der Waals surface area contributed by atoms with Crippen molar-refractivity contribution < 1.29 is 4.74 Å². The third kappa shape index (κ3) is 3.86. The van der Waals surface area contributed by atoms with Crippen molar-refractivity contribution in [1.29, 1.82) is 0 Å². The van der Waals surface area contributed by atoms with Gasteiger partial charge in [-0.05, 0) is 45.6 Å². The molecule has 7 heteroatoms. The Morgan fingerprint density at radius 2 is 2.15 bits per heavy atom. The predicted molar refractivity (Wildman–Crippen MR) is 119 cm³/mol. The van der Waals surface area contributed by atoms with Crippen LogP contribution in [-0.4, -0.2) is 48.1 Å². The maximum Gasteiger partial charge on any atom is 0.191 e. The lowest BCUT2D eigenvalue weighted by Crippen LogP contribution is -2.69. The molecule has 6 nitrogen and oxygen atoms in total. The van der Waals surface area contributed by atoms with Gasteiger partial charge in [-0.1, -0.05) is 12.8 Å². The van der Waals surface area contributed by atoms with Gasteiger partial charge in [0.25, 0.3) is 0 Å². The number of aromatic nitrogens is 2. The van der Waals surface area contributed by atoms with Crippen molar-refractivity contribution in [2.75, 3.05) is 20.2 Å². The Hall–Kier alpha value is -0.830. The van der Waals surface area contributed by atoms with Crippen molar-refractivity contribution in [2.24, 2.45) is 16.3 Å². The number of guanidine groups is 1. The van der Waals surface area contributed by atoms with Crippen LogP contribution in [0, 0.1) is 25.2 Å². The smallest absolute Gasteiger partial charge is 0.191 e. The lowest BCUT2D eigenvalue weighted by Gasteiger charge is -2.57. The van der Waals surface area contributed by atoms with E-state index >= 15 is 0 Å². The second-order valence-electron chi connectivity index (χ2n) is 8.31. The average molecular weight is 487 g/mol. The number of hydrogen-bond donors (Lipinski definition) is 2. The van der Waals surface area contributed by atoms with Crippen molar-refractivity contribution in [1.82, 2.24) is 20.4 Å². The first kappa shape index (κ1) is 20.9. The molecule has 2 N–H and O–H groups in total. The molecule has 1 saturated heterocycles. The minimum atomic E-state index is 0. The molecule has 1 aromatic rings. The first-order valence-electron chi connectivity index (χ1n) is 10.2. The molecule has 3 fully saturated rings. The van der Waals surface area contributed by atoms with E-state index in [-0.39, 0.29) is 24.0 Å². The zero-order valence-corrected chi connectivity index (χ0v) is 19.2. The molecule has 1 spiro atoms. The van der Waals surface area contributed by atoms with Crippen molar-refractivity contribution in [3.63, 3.8) is 0 Å². The Bertz CT molecular complexity index is 667. The summed E-state index contributed by atoms with van der Waals surface area (Å²) in [5.41, 5.74) is 2.69. The molecule has 0 bridgehead atoms. The van der Waals surface area contributed by atoms with Crippen LogP contribution in [0.5, 0.6) is 0 Å².